The Bertz CT molecular complexity index is 831. The van der Waals surface area contributed by atoms with Crippen LogP contribution in [0.2, 0.25) is 0 Å². The standard InChI is InChI=1S/C18H15FN4/c1-13-21-17(15-7-3-2-4-8-15)11-18(22-13)23-20-12-14-6-5-9-16(19)10-14/h2-12H,1H3,(H,21,22,23). The Labute approximate surface area is 133 Å². The van der Waals surface area contributed by atoms with Gasteiger partial charge in [0.2, 0.25) is 0 Å². The fourth-order valence-corrected chi connectivity index (χ4v) is 2.14. The Hall–Kier alpha value is -3.08. The quantitative estimate of drug-likeness (QED) is 0.584. The molecular weight excluding hydrogens is 291 g/mol. The third-order valence-corrected chi connectivity index (χ3v) is 3.15. The van der Waals surface area contributed by atoms with E-state index in [1.165, 1.54) is 12.1 Å². The van der Waals surface area contributed by atoms with E-state index in [0.717, 1.165) is 11.3 Å². The number of anilines is 1. The average Bonchev–Trinajstić information content (AvgIpc) is 2.55. The molecule has 0 fully saturated rings. The molecule has 1 heterocycles. The lowest BCUT2D eigenvalue weighted by molar-refractivity contribution is 0.627. The molecule has 3 rings (SSSR count). The lowest BCUT2D eigenvalue weighted by Gasteiger charge is -2.05. The molecule has 0 saturated heterocycles. The third kappa shape index (κ3) is 3.97. The van der Waals surface area contributed by atoms with Crippen molar-refractivity contribution in [1.29, 1.82) is 0 Å². The summed E-state index contributed by atoms with van der Waals surface area (Å²) in [6.07, 6.45) is 1.54. The van der Waals surface area contributed by atoms with Gasteiger partial charge in [-0.1, -0.05) is 42.5 Å². The van der Waals surface area contributed by atoms with E-state index in [0.29, 0.717) is 17.2 Å². The van der Waals surface area contributed by atoms with E-state index in [1.807, 2.05) is 43.3 Å². The van der Waals surface area contributed by atoms with Crippen molar-refractivity contribution in [3.8, 4) is 11.3 Å². The molecule has 0 aliphatic carbocycles. The largest absolute Gasteiger partial charge is 0.261 e. The molecular formula is C18H15FN4. The highest BCUT2D eigenvalue weighted by Gasteiger charge is 2.03. The van der Waals surface area contributed by atoms with E-state index >= 15 is 0 Å². The van der Waals surface area contributed by atoms with Crippen LogP contribution in [-0.2, 0) is 0 Å². The summed E-state index contributed by atoms with van der Waals surface area (Å²) in [7, 11) is 0. The van der Waals surface area contributed by atoms with Gasteiger partial charge in [-0.05, 0) is 24.6 Å². The Morgan fingerprint density at radius 2 is 1.83 bits per heavy atom. The van der Waals surface area contributed by atoms with Gasteiger partial charge >= 0.3 is 0 Å². The summed E-state index contributed by atoms with van der Waals surface area (Å²) >= 11 is 0. The van der Waals surface area contributed by atoms with Gasteiger partial charge in [-0.2, -0.15) is 5.10 Å². The molecule has 23 heavy (non-hydrogen) atoms. The first-order valence-corrected chi connectivity index (χ1v) is 7.16. The first kappa shape index (κ1) is 14.8. The monoisotopic (exact) mass is 306 g/mol. The molecule has 5 heteroatoms. The first-order chi connectivity index (χ1) is 11.2. The van der Waals surface area contributed by atoms with Crippen LogP contribution in [0.1, 0.15) is 11.4 Å². The Balaban J connectivity index is 1.79. The molecule has 0 bridgehead atoms. The second kappa shape index (κ2) is 6.79. The molecule has 1 N–H and O–H groups in total. The summed E-state index contributed by atoms with van der Waals surface area (Å²) in [5.41, 5.74) is 5.36. The van der Waals surface area contributed by atoms with Crippen molar-refractivity contribution >= 4 is 12.0 Å². The van der Waals surface area contributed by atoms with Gasteiger partial charge in [-0.15, -0.1) is 0 Å². The van der Waals surface area contributed by atoms with Gasteiger partial charge in [0.1, 0.15) is 17.5 Å². The minimum absolute atomic E-state index is 0.293. The van der Waals surface area contributed by atoms with Gasteiger partial charge in [0, 0.05) is 11.6 Å². The summed E-state index contributed by atoms with van der Waals surface area (Å²) in [6.45, 7) is 1.83. The van der Waals surface area contributed by atoms with E-state index in [2.05, 4.69) is 20.5 Å². The van der Waals surface area contributed by atoms with Crippen LogP contribution in [-0.4, -0.2) is 16.2 Å². The van der Waals surface area contributed by atoms with Gasteiger partial charge < -0.3 is 0 Å². The Kier molecular flexibility index (Phi) is 4.38. The molecule has 0 saturated carbocycles. The van der Waals surface area contributed by atoms with E-state index in [-0.39, 0.29) is 5.82 Å². The number of hydrogen-bond acceptors (Lipinski definition) is 4. The van der Waals surface area contributed by atoms with Gasteiger partial charge in [0.15, 0.2) is 0 Å². The normalized spacial score (nSPS) is 10.9. The smallest absolute Gasteiger partial charge is 0.150 e. The second-order valence-corrected chi connectivity index (χ2v) is 4.98. The highest BCUT2D eigenvalue weighted by atomic mass is 19.1. The van der Waals surface area contributed by atoms with Crippen LogP contribution in [0.25, 0.3) is 11.3 Å². The topological polar surface area (TPSA) is 50.2 Å². The molecule has 0 amide bonds. The number of benzene rings is 2. The molecule has 2 aromatic carbocycles. The zero-order chi connectivity index (χ0) is 16.1. The molecule has 4 nitrogen and oxygen atoms in total. The lowest BCUT2D eigenvalue weighted by Crippen LogP contribution is -1.98. The summed E-state index contributed by atoms with van der Waals surface area (Å²) in [6, 6.07) is 17.9. The predicted octanol–water partition coefficient (Wildman–Crippen LogP) is 4.04. The SMILES string of the molecule is Cc1nc(NN=Cc2cccc(F)c2)cc(-c2ccccc2)n1. The van der Waals surface area contributed by atoms with Crippen LogP contribution in [0.4, 0.5) is 10.2 Å². The summed E-state index contributed by atoms with van der Waals surface area (Å²) in [4.78, 5) is 8.73. The molecule has 0 unspecified atom stereocenters. The van der Waals surface area contributed by atoms with Crippen molar-refractivity contribution in [2.45, 2.75) is 6.92 Å². The van der Waals surface area contributed by atoms with Gasteiger partial charge in [0.25, 0.3) is 0 Å². The third-order valence-electron chi connectivity index (χ3n) is 3.15. The van der Waals surface area contributed by atoms with Crippen LogP contribution in [0, 0.1) is 12.7 Å². The maximum atomic E-state index is 13.1. The molecule has 3 aromatic rings. The number of rotatable bonds is 4. The number of hydrazone groups is 1. The number of aryl methyl sites for hydroxylation is 1. The molecule has 0 aliphatic heterocycles. The highest BCUT2D eigenvalue weighted by Crippen LogP contribution is 2.19. The van der Waals surface area contributed by atoms with Gasteiger partial charge in [-0.25, -0.2) is 14.4 Å². The van der Waals surface area contributed by atoms with Crippen LogP contribution < -0.4 is 5.43 Å². The zero-order valence-electron chi connectivity index (χ0n) is 12.6. The van der Waals surface area contributed by atoms with Crippen molar-refractivity contribution in [3.05, 3.63) is 77.9 Å². The summed E-state index contributed by atoms with van der Waals surface area (Å²) < 4.78 is 13.1. The molecule has 0 radical (unpaired) electrons. The fraction of sp³-hybridized carbons (Fsp3) is 0.0556. The van der Waals surface area contributed by atoms with E-state index < -0.39 is 0 Å². The summed E-state index contributed by atoms with van der Waals surface area (Å²) in [5.74, 6) is 0.942. The minimum Gasteiger partial charge on any atom is -0.261 e. The fourth-order valence-electron chi connectivity index (χ4n) is 2.14. The van der Waals surface area contributed by atoms with Crippen molar-refractivity contribution in [2.24, 2.45) is 5.10 Å². The average molecular weight is 306 g/mol. The van der Waals surface area contributed by atoms with E-state index in [9.17, 15) is 4.39 Å². The number of halogens is 1. The van der Waals surface area contributed by atoms with Gasteiger partial charge in [0.05, 0.1) is 11.9 Å². The van der Waals surface area contributed by atoms with E-state index in [4.69, 9.17) is 0 Å². The van der Waals surface area contributed by atoms with Crippen LogP contribution in [0.3, 0.4) is 0 Å². The lowest BCUT2D eigenvalue weighted by atomic mass is 10.1. The number of nitrogens with zero attached hydrogens (tertiary/aromatic N) is 3. The second-order valence-electron chi connectivity index (χ2n) is 4.98. The first-order valence-electron chi connectivity index (χ1n) is 7.16. The Morgan fingerprint density at radius 1 is 1.00 bits per heavy atom. The number of nitrogens with one attached hydrogen (secondary N) is 1. The minimum atomic E-state index is -0.293. The zero-order valence-corrected chi connectivity index (χ0v) is 12.6. The number of hydrogen-bond donors (Lipinski definition) is 1. The van der Waals surface area contributed by atoms with Crippen LogP contribution in [0.15, 0.2) is 65.8 Å². The van der Waals surface area contributed by atoms with Gasteiger partial charge in [-0.3, -0.25) is 5.43 Å². The van der Waals surface area contributed by atoms with Crippen molar-refractivity contribution in [3.63, 3.8) is 0 Å². The number of aromatic nitrogens is 2. The maximum absolute atomic E-state index is 13.1. The van der Waals surface area contributed by atoms with Crippen molar-refractivity contribution in [1.82, 2.24) is 9.97 Å². The van der Waals surface area contributed by atoms with E-state index in [1.54, 1.807) is 18.3 Å². The van der Waals surface area contributed by atoms with Crippen LogP contribution >= 0.6 is 0 Å². The molecule has 0 aliphatic rings. The molecule has 0 atom stereocenters. The molecule has 114 valence electrons. The highest BCUT2D eigenvalue weighted by molar-refractivity contribution is 5.80. The van der Waals surface area contributed by atoms with Crippen molar-refractivity contribution in [2.75, 3.05) is 5.43 Å². The van der Waals surface area contributed by atoms with Crippen molar-refractivity contribution < 1.29 is 4.39 Å². The predicted molar refractivity (Wildman–Crippen MR) is 89.8 cm³/mol. The maximum Gasteiger partial charge on any atom is 0.150 e. The summed E-state index contributed by atoms with van der Waals surface area (Å²) in [5, 5.41) is 4.10. The Morgan fingerprint density at radius 3 is 2.61 bits per heavy atom. The van der Waals surface area contributed by atoms with Crippen LogP contribution in [0.5, 0.6) is 0 Å². The molecule has 0 spiro atoms. The molecule has 1 aromatic heterocycles.